The van der Waals surface area contributed by atoms with Gasteiger partial charge in [-0.3, -0.25) is 4.79 Å². The molecule has 0 radical (unpaired) electrons. The summed E-state index contributed by atoms with van der Waals surface area (Å²) < 4.78 is 27.3. The van der Waals surface area contributed by atoms with E-state index in [1.807, 2.05) is 0 Å². The van der Waals surface area contributed by atoms with Crippen LogP contribution in [0.25, 0.3) is 0 Å². The Kier molecular flexibility index (Phi) is 4.36. The lowest BCUT2D eigenvalue weighted by atomic mass is 10.2. The van der Waals surface area contributed by atoms with Gasteiger partial charge in [0.15, 0.2) is 0 Å². The second-order valence-corrected chi connectivity index (χ2v) is 5.36. The van der Waals surface area contributed by atoms with E-state index in [4.69, 9.17) is 11.6 Å². The zero-order chi connectivity index (χ0) is 14.0. The molecule has 0 saturated carbocycles. The smallest absolute Gasteiger partial charge is 0.258 e. The highest BCUT2D eigenvalue weighted by Crippen LogP contribution is 2.24. The van der Waals surface area contributed by atoms with Crippen molar-refractivity contribution < 1.29 is 13.6 Å². The Morgan fingerprint density at radius 2 is 1.89 bits per heavy atom. The third-order valence-corrected chi connectivity index (χ3v) is 3.34. The van der Waals surface area contributed by atoms with Crippen LogP contribution < -0.4 is 5.32 Å². The minimum atomic E-state index is -0.791. The molecule has 98 valence electrons. The predicted molar refractivity (Wildman–Crippen MR) is 78.5 cm³/mol. The van der Waals surface area contributed by atoms with Crippen LogP contribution in [-0.4, -0.2) is 5.91 Å². The first-order valence-electron chi connectivity index (χ1n) is 5.19. The summed E-state index contributed by atoms with van der Waals surface area (Å²) in [5.41, 5.74) is -0.0228. The third kappa shape index (κ3) is 3.42. The van der Waals surface area contributed by atoms with E-state index in [2.05, 4.69) is 27.9 Å². The summed E-state index contributed by atoms with van der Waals surface area (Å²) in [6, 6.07) is 7.68. The third-order valence-electron chi connectivity index (χ3n) is 2.35. The van der Waals surface area contributed by atoms with Gasteiger partial charge in [-0.05, 0) is 59.0 Å². The summed E-state index contributed by atoms with van der Waals surface area (Å²) in [7, 11) is 0. The minimum absolute atomic E-state index is 0.331. The van der Waals surface area contributed by atoms with E-state index in [0.717, 1.165) is 21.8 Å². The van der Waals surface area contributed by atoms with Crippen molar-refractivity contribution in [3.8, 4) is 0 Å². The Morgan fingerprint density at radius 3 is 2.58 bits per heavy atom. The lowest BCUT2D eigenvalue weighted by molar-refractivity contribution is 0.102. The van der Waals surface area contributed by atoms with Gasteiger partial charge < -0.3 is 5.32 Å². The van der Waals surface area contributed by atoms with Crippen molar-refractivity contribution in [3.63, 3.8) is 0 Å². The van der Waals surface area contributed by atoms with Gasteiger partial charge in [-0.2, -0.15) is 0 Å². The Morgan fingerprint density at radius 1 is 1.16 bits per heavy atom. The summed E-state index contributed by atoms with van der Waals surface area (Å²) in [4.78, 5) is 11.8. The molecule has 2 aromatic carbocycles. The van der Waals surface area contributed by atoms with Crippen molar-refractivity contribution >= 4 is 45.8 Å². The molecule has 0 aromatic heterocycles. The monoisotopic (exact) mass is 393 g/mol. The summed E-state index contributed by atoms with van der Waals surface area (Å²) in [5.74, 6) is -2.22. The van der Waals surface area contributed by atoms with E-state index in [-0.39, 0.29) is 5.56 Å². The van der Waals surface area contributed by atoms with E-state index >= 15 is 0 Å². The van der Waals surface area contributed by atoms with Gasteiger partial charge in [-0.1, -0.05) is 11.6 Å². The molecule has 0 unspecified atom stereocenters. The van der Waals surface area contributed by atoms with Crippen LogP contribution in [0.1, 0.15) is 10.4 Å². The molecule has 2 rings (SSSR count). The molecule has 0 heterocycles. The lowest BCUT2D eigenvalue weighted by Gasteiger charge is -2.08. The first kappa shape index (κ1) is 14.2. The fraction of sp³-hybridized carbons (Fsp3) is 0. The molecule has 0 aliphatic heterocycles. The summed E-state index contributed by atoms with van der Waals surface area (Å²) >= 11 is 8.02. The Hall–Kier alpha value is -1.21. The molecule has 0 fully saturated rings. The molecule has 0 aliphatic carbocycles. The zero-order valence-corrected chi connectivity index (χ0v) is 12.3. The standard InChI is InChI=1S/C13H7ClF2INO/c14-10-6-8(17)2-4-12(10)18-13(19)9-5-7(15)1-3-11(9)16/h1-6H,(H,18,19). The maximum Gasteiger partial charge on any atom is 0.258 e. The number of carbonyl (C=O) groups excluding carboxylic acids is 1. The van der Waals surface area contributed by atoms with Crippen LogP contribution >= 0.6 is 34.2 Å². The normalized spacial score (nSPS) is 10.3. The van der Waals surface area contributed by atoms with Crippen molar-refractivity contribution in [1.82, 2.24) is 0 Å². The predicted octanol–water partition coefficient (Wildman–Crippen LogP) is 4.48. The van der Waals surface area contributed by atoms with Crippen LogP contribution in [-0.2, 0) is 0 Å². The van der Waals surface area contributed by atoms with Gasteiger partial charge in [0.2, 0.25) is 0 Å². The summed E-state index contributed by atoms with van der Waals surface area (Å²) in [5, 5.41) is 2.77. The van der Waals surface area contributed by atoms with Crippen LogP contribution in [0.5, 0.6) is 0 Å². The molecular weight excluding hydrogens is 387 g/mol. The molecule has 1 amide bonds. The van der Waals surface area contributed by atoms with E-state index in [1.54, 1.807) is 18.2 Å². The first-order chi connectivity index (χ1) is 8.97. The highest BCUT2D eigenvalue weighted by atomic mass is 127. The maximum atomic E-state index is 13.4. The quantitative estimate of drug-likeness (QED) is 0.749. The van der Waals surface area contributed by atoms with Crippen molar-refractivity contribution in [2.24, 2.45) is 0 Å². The summed E-state index contributed by atoms with van der Waals surface area (Å²) in [6.07, 6.45) is 0. The molecule has 0 saturated heterocycles. The number of rotatable bonds is 2. The number of halogens is 4. The first-order valence-corrected chi connectivity index (χ1v) is 6.64. The van der Waals surface area contributed by atoms with E-state index in [9.17, 15) is 13.6 Å². The zero-order valence-electron chi connectivity index (χ0n) is 9.38. The molecule has 2 nitrogen and oxygen atoms in total. The van der Waals surface area contributed by atoms with Crippen molar-refractivity contribution in [2.45, 2.75) is 0 Å². The summed E-state index contributed by atoms with van der Waals surface area (Å²) in [6.45, 7) is 0. The van der Waals surface area contributed by atoms with Gasteiger partial charge in [-0.25, -0.2) is 8.78 Å². The largest absolute Gasteiger partial charge is 0.321 e. The average molecular weight is 394 g/mol. The lowest BCUT2D eigenvalue weighted by Crippen LogP contribution is -2.14. The molecule has 19 heavy (non-hydrogen) atoms. The minimum Gasteiger partial charge on any atom is -0.321 e. The van der Waals surface area contributed by atoms with Crippen molar-refractivity contribution in [2.75, 3.05) is 5.32 Å². The van der Waals surface area contributed by atoms with Gasteiger partial charge in [0.1, 0.15) is 11.6 Å². The van der Waals surface area contributed by atoms with Crippen LogP contribution in [0.3, 0.4) is 0 Å². The number of benzene rings is 2. The number of hydrogen-bond donors (Lipinski definition) is 1. The molecule has 0 bridgehead atoms. The second kappa shape index (κ2) is 5.83. The molecule has 0 aliphatic rings. The van der Waals surface area contributed by atoms with Crippen LogP contribution in [0.4, 0.5) is 14.5 Å². The number of anilines is 1. The average Bonchev–Trinajstić information content (AvgIpc) is 2.35. The molecule has 0 spiro atoms. The fourth-order valence-electron chi connectivity index (χ4n) is 1.45. The Balaban J connectivity index is 2.28. The molecule has 1 N–H and O–H groups in total. The molecule has 2 aromatic rings. The van der Waals surface area contributed by atoms with E-state index in [0.29, 0.717) is 10.7 Å². The van der Waals surface area contributed by atoms with Crippen molar-refractivity contribution in [3.05, 3.63) is 62.2 Å². The van der Waals surface area contributed by atoms with Crippen LogP contribution in [0.2, 0.25) is 5.02 Å². The number of amides is 1. The van der Waals surface area contributed by atoms with Crippen molar-refractivity contribution in [1.29, 1.82) is 0 Å². The van der Waals surface area contributed by atoms with Gasteiger partial charge in [0, 0.05) is 3.57 Å². The van der Waals surface area contributed by atoms with Crippen LogP contribution in [0, 0.1) is 15.2 Å². The topological polar surface area (TPSA) is 29.1 Å². The molecule has 6 heteroatoms. The highest BCUT2D eigenvalue weighted by molar-refractivity contribution is 14.1. The highest BCUT2D eigenvalue weighted by Gasteiger charge is 2.14. The van der Waals surface area contributed by atoms with Gasteiger partial charge in [-0.15, -0.1) is 0 Å². The molecular formula is C13H7ClF2INO. The van der Waals surface area contributed by atoms with Gasteiger partial charge in [0.05, 0.1) is 16.3 Å². The Bertz CT molecular complexity index is 649. The number of carbonyl (C=O) groups is 1. The van der Waals surface area contributed by atoms with Crippen LogP contribution in [0.15, 0.2) is 36.4 Å². The van der Waals surface area contributed by atoms with E-state index in [1.165, 1.54) is 0 Å². The Labute approximate surface area is 126 Å². The number of hydrogen-bond acceptors (Lipinski definition) is 1. The number of nitrogens with one attached hydrogen (secondary N) is 1. The van der Waals surface area contributed by atoms with Gasteiger partial charge in [0.25, 0.3) is 5.91 Å². The second-order valence-electron chi connectivity index (χ2n) is 3.70. The SMILES string of the molecule is O=C(Nc1ccc(I)cc1Cl)c1cc(F)ccc1F. The van der Waals surface area contributed by atoms with Gasteiger partial charge >= 0.3 is 0 Å². The maximum absolute atomic E-state index is 13.4. The fourth-order valence-corrected chi connectivity index (χ4v) is 2.36. The van der Waals surface area contributed by atoms with E-state index < -0.39 is 17.5 Å². The molecule has 0 atom stereocenters.